The van der Waals surface area contributed by atoms with Gasteiger partial charge in [0.25, 0.3) is 0 Å². The van der Waals surface area contributed by atoms with Crippen LogP contribution in [0.4, 0.5) is 17.1 Å². The lowest BCUT2D eigenvalue weighted by Gasteiger charge is -2.30. The summed E-state index contributed by atoms with van der Waals surface area (Å²) in [6.45, 7) is 0. The monoisotopic (exact) mass is 609 g/mol. The summed E-state index contributed by atoms with van der Waals surface area (Å²) >= 11 is 0. The van der Waals surface area contributed by atoms with E-state index in [-0.39, 0.29) is 0 Å². The van der Waals surface area contributed by atoms with Crippen LogP contribution in [0.5, 0.6) is 0 Å². The summed E-state index contributed by atoms with van der Waals surface area (Å²) in [5, 5.41) is 4.97. The third kappa shape index (κ3) is 4.43. The highest BCUT2D eigenvalue weighted by Gasteiger charge is 2.45. The molecule has 0 radical (unpaired) electrons. The summed E-state index contributed by atoms with van der Waals surface area (Å²) in [6.07, 6.45) is 0. The van der Waals surface area contributed by atoms with E-state index in [1.807, 2.05) is 0 Å². The number of hydrogen-bond acceptors (Lipinski definition) is 1. The Morgan fingerprint density at radius 3 is 1.81 bits per heavy atom. The minimum atomic E-state index is -0.666. The summed E-state index contributed by atoms with van der Waals surface area (Å²) in [4.78, 5) is 2.37. The average molecular weight is 610 g/mol. The second-order valence-electron chi connectivity index (χ2n) is 12.3. The van der Waals surface area contributed by atoms with E-state index >= 15 is 0 Å². The number of anilines is 3. The highest BCUT2D eigenvalue weighted by Crippen LogP contribution is 2.56. The zero-order valence-electron chi connectivity index (χ0n) is 26.3. The second-order valence-corrected chi connectivity index (χ2v) is 12.3. The summed E-state index contributed by atoms with van der Waals surface area (Å²) in [6, 6.07) is 67.3. The first kappa shape index (κ1) is 27.9. The Labute approximate surface area is 281 Å². The van der Waals surface area contributed by atoms with Crippen molar-refractivity contribution in [3.63, 3.8) is 0 Å². The van der Waals surface area contributed by atoms with Gasteiger partial charge in [-0.05, 0) is 86.3 Å². The molecule has 0 N–H and O–H groups in total. The van der Waals surface area contributed by atoms with Crippen LogP contribution < -0.4 is 4.90 Å². The highest BCUT2D eigenvalue weighted by molar-refractivity contribution is 6.07. The SMILES string of the molecule is C(#CC1(c2ccccc2)c2ccccc2-c2c(N(c3ccccc3)c3ccccc3)cccc21)c1ccc2c(ccc3ccccc32)c1. The third-order valence-electron chi connectivity index (χ3n) is 9.66. The van der Waals surface area contributed by atoms with Crippen molar-refractivity contribution in [2.75, 3.05) is 4.90 Å². The Kier molecular flexibility index (Phi) is 6.66. The number of rotatable bonds is 4. The minimum Gasteiger partial charge on any atom is -0.310 e. The zero-order valence-corrected chi connectivity index (χ0v) is 26.3. The zero-order chi connectivity index (χ0) is 31.9. The molecule has 0 saturated carbocycles. The standard InChI is InChI=1S/C47H31N/c1-4-16-37(17-5-1)47(32-31-34-27-30-41-36(33-34)29-28-35-15-10-11-22-40(35)41)43-24-13-12-23-42(43)46-44(47)25-14-26-45(46)48(38-18-6-2-7-19-38)39-20-8-3-9-21-39/h1-30,33H. The highest BCUT2D eigenvalue weighted by atomic mass is 15.1. The molecule has 48 heavy (non-hydrogen) atoms. The van der Waals surface area contributed by atoms with Gasteiger partial charge in [0.2, 0.25) is 0 Å². The van der Waals surface area contributed by atoms with E-state index in [0.29, 0.717) is 0 Å². The molecule has 0 aliphatic heterocycles. The van der Waals surface area contributed by atoms with Gasteiger partial charge in [0.15, 0.2) is 0 Å². The Morgan fingerprint density at radius 1 is 0.438 bits per heavy atom. The molecule has 1 unspecified atom stereocenters. The molecule has 224 valence electrons. The maximum absolute atomic E-state index is 3.92. The molecule has 9 rings (SSSR count). The van der Waals surface area contributed by atoms with Gasteiger partial charge in [-0.1, -0.05) is 157 Å². The van der Waals surface area contributed by atoms with E-state index in [1.54, 1.807) is 0 Å². The quantitative estimate of drug-likeness (QED) is 0.142. The molecule has 0 amide bonds. The Hall–Kier alpha value is -6.36. The van der Waals surface area contributed by atoms with E-state index in [1.165, 1.54) is 49.4 Å². The van der Waals surface area contributed by atoms with Gasteiger partial charge in [-0.25, -0.2) is 0 Å². The molecular weight excluding hydrogens is 579 g/mol. The molecule has 0 fully saturated rings. The molecular formula is C47H31N. The van der Waals surface area contributed by atoms with Crippen LogP contribution in [0.25, 0.3) is 32.7 Å². The molecule has 1 heteroatoms. The van der Waals surface area contributed by atoms with Gasteiger partial charge in [0.1, 0.15) is 5.41 Å². The van der Waals surface area contributed by atoms with Crippen LogP contribution in [0.1, 0.15) is 22.3 Å². The fraction of sp³-hybridized carbons (Fsp3) is 0.0213. The molecule has 1 aliphatic carbocycles. The van der Waals surface area contributed by atoms with Crippen molar-refractivity contribution in [3.05, 3.63) is 210 Å². The first-order valence-corrected chi connectivity index (χ1v) is 16.5. The number of benzene rings is 8. The van der Waals surface area contributed by atoms with Gasteiger partial charge in [-0.3, -0.25) is 0 Å². The maximum atomic E-state index is 3.92. The number of fused-ring (bicyclic) bond motifs is 6. The number of para-hydroxylation sites is 2. The average Bonchev–Trinajstić information content (AvgIpc) is 3.46. The largest absolute Gasteiger partial charge is 0.310 e. The predicted octanol–water partition coefficient (Wildman–Crippen LogP) is 11.8. The van der Waals surface area contributed by atoms with Gasteiger partial charge >= 0.3 is 0 Å². The maximum Gasteiger partial charge on any atom is 0.108 e. The van der Waals surface area contributed by atoms with Gasteiger partial charge in [0.05, 0.1) is 5.69 Å². The van der Waals surface area contributed by atoms with Crippen LogP contribution in [0.2, 0.25) is 0 Å². The van der Waals surface area contributed by atoms with Crippen molar-refractivity contribution in [3.8, 4) is 23.0 Å². The number of nitrogens with zero attached hydrogens (tertiary/aromatic N) is 1. The van der Waals surface area contributed by atoms with Crippen molar-refractivity contribution in [1.29, 1.82) is 0 Å². The first-order chi connectivity index (χ1) is 23.8. The molecule has 8 aromatic carbocycles. The van der Waals surface area contributed by atoms with Gasteiger partial charge < -0.3 is 4.90 Å². The predicted molar refractivity (Wildman–Crippen MR) is 201 cm³/mol. The van der Waals surface area contributed by atoms with Gasteiger partial charge in [-0.2, -0.15) is 0 Å². The molecule has 0 aromatic heterocycles. The van der Waals surface area contributed by atoms with Crippen molar-refractivity contribution >= 4 is 38.6 Å². The van der Waals surface area contributed by atoms with Crippen LogP contribution in [0.3, 0.4) is 0 Å². The van der Waals surface area contributed by atoms with Crippen LogP contribution in [-0.4, -0.2) is 0 Å². The fourth-order valence-corrected chi connectivity index (χ4v) is 7.54. The van der Waals surface area contributed by atoms with Crippen LogP contribution in [0, 0.1) is 11.8 Å². The van der Waals surface area contributed by atoms with Crippen LogP contribution in [0.15, 0.2) is 188 Å². The van der Waals surface area contributed by atoms with Crippen LogP contribution >= 0.6 is 0 Å². The van der Waals surface area contributed by atoms with E-state index in [4.69, 9.17) is 0 Å². The molecule has 1 nitrogen and oxygen atoms in total. The smallest absolute Gasteiger partial charge is 0.108 e. The number of hydrogen-bond donors (Lipinski definition) is 0. The van der Waals surface area contributed by atoms with E-state index in [0.717, 1.165) is 22.6 Å². The molecule has 1 atom stereocenters. The minimum absolute atomic E-state index is 0.666. The van der Waals surface area contributed by atoms with E-state index < -0.39 is 5.41 Å². The Balaban J connectivity index is 1.30. The molecule has 8 aromatic rings. The lowest BCUT2D eigenvalue weighted by molar-refractivity contribution is 0.837. The Bertz CT molecular complexity index is 2470. The topological polar surface area (TPSA) is 3.24 Å². The van der Waals surface area contributed by atoms with E-state index in [2.05, 4.69) is 205 Å². The van der Waals surface area contributed by atoms with Gasteiger partial charge in [-0.15, -0.1) is 0 Å². The van der Waals surface area contributed by atoms with Crippen molar-refractivity contribution in [2.24, 2.45) is 0 Å². The Morgan fingerprint density at radius 2 is 1.04 bits per heavy atom. The molecule has 0 bridgehead atoms. The van der Waals surface area contributed by atoms with Crippen molar-refractivity contribution in [2.45, 2.75) is 5.41 Å². The van der Waals surface area contributed by atoms with Crippen LogP contribution in [-0.2, 0) is 5.41 Å². The van der Waals surface area contributed by atoms with Crippen molar-refractivity contribution in [1.82, 2.24) is 0 Å². The van der Waals surface area contributed by atoms with E-state index in [9.17, 15) is 0 Å². The third-order valence-corrected chi connectivity index (χ3v) is 9.66. The summed E-state index contributed by atoms with van der Waals surface area (Å²) < 4.78 is 0. The summed E-state index contributed by atoms with van der Waals surface area (Å²) in [7, 11) is 0. The molecule has 0 saturated heterocycles. The van der Waals surface area contributed by atoms with Crippen molar-refractivity contribution < 1.29 is 0 Å². The second kappa shape index (κ2) is 11.5. The molecule has 0 spiro atoms. The normalized spacial score (nSPS) is 14.6. The summed E-state index contributed by atoms with van der Waals surface area (Å²) in [5.74, 6) is 7.62. The summed E-state index contributed by atoms with van der Waals surface area (Å²) in [5.41, 5.74) is 9.69. The van der Waals surface area contributed by atoms with Gasteiger partial charge in [0, 0.05) is 22.5 Å². The molecule has 1 aliphatic rings. The first-order valence-electron chi connectivity index (χ1n) is 16.5. The lowest BCUT2D eigenvalue weighted by Crippen LogP contribution is -2.25. The molecule has 0 heterocycles. The fourth-order valence-electron chi connectivity index (χ4n) is 7.54. The lowest BCUT2D eigenvalue weighted by atomic mass is 9.73.